The van der Waals surface area contributed by atoms with Crippen LogP contribution >= 0.6 is 0 Å². The highest BCUT2D eigenvalue weighted by Gasteiger charge is 2.20. The summed E-state index contributed by atoms with van der Waals surface area (Å²) >= 11 is 0. The Balaban J connectivity index is 1.85. The molecular weight excluding hydrogens is 266 g/mol. The molecule has 2 rings (SSSR count). The van der Waals surface area contributed by atoms with Crippen LogP contribution in [-0.4, -0.2) is 38.0 Å². The number of aliphatic hydroxyl groups excluding tert-OH is 1. The third-order valence-corrected chi connectivity index (χ3v) is 4.25. The van der Waals surface area contributed by atoms with Crippen LogP contribution in [0.15, 0.2) is 18.2 Å². The van der Waals surface area contributed by atoms with E-state index in [2.05, 4.69) is 11.4 Å². The molecule has 0 aliphatic heterocycles. The van der Waals surface area contributed by atoms with Gasteiger partial charge < -0.3 is 19.9 Å². The number of methoxy groups -OCH3 is 2. The molecule has 4 heteroatoms. The van der Waals surface area contributed by atoms with Crippen molar-refractivity contribution in [1.29, 1.82) is 0 Å². The van der Waals surface area contributed by atoms with Crippen LogP contribution in [0.1, 0.15) is 37.7 Å². The lowest BCUT2D eigenvalue weighted by molar-refractivity contribution is 0.120. The minimum absolute atomic E-state index is 0.196. The summed E-state index contributed by atoms with van der Waals surface area (Å²) in [6.45, 7) is 0.872. The van der Waals surface area contributed by atoms with Crippen molar-refractivity contribution in [3.63, 3.8) is 0 Å². The first-order valence-electron chi connectivity index (χ1n) is 7.87. The van der Waals surface area contributed by atoms with Crippen LogP contribution in [0.25, 0.3) is 0 Å². The molecule has 0 aromatic heterocycles. The molecule has 2 atom stereocenters. The van der Waals surface area contributed by atoms with Crippen LogP contribution in [0.3, 0.4) is 0 Å². The number of benzene rings is 1. The number of nitrogens with one attached hydrogen (secondary N) is 1. The summed E-state index contributed by atoms with van der Waals surface area (Å²) in [5.41, 5.74) is 1.21. The van der Waals surface area contributed by atoms with Crippen LogP contribution in [0, 0.1) is 0 Å². The highest BCUT2D eigenvalue weighted by atomic mass is 16.5. The lowest BCUT2D eigenvalue weighted by Crippen LogP contribution is -2.40. The maximum Gasteiger partial charge on any atom is 0.160 e. The zero-order valence-electron chi connectivity index (χ0n) is 13.1. The van der Waals surface area contributed by atoms with Crippen molar-refractivity contribution in [3.05, 3.63) is 23.8 Å². The molecule has 0 amide bonds. The van der Waals surface area contributed by atoms with Gasteiger partial charge in [0.15, 0.2) is 11.5 Å². The van der Waals surface area contributed by atoms with E-state index >= 15 is 0 Å². The maximum atomic E-state index is 10.1. The smallest absolute Gasteiger partial charge is 0.160 e. The van der Waals surface area contributed by atoms with Gasteiger partial charge in [-0.3, -0.25) is 0 Å². The average molecular weight is 293 g/mol. The third kappa shape index (κ3) is 4.61. The van der Waals surface area contributed by atoms with E-state index < -0.39 is 0 Å². The highest BCUT2D eigenvalue weighted by molar-refractivity contribution is 5.42. The molecule has 0 bridgehead atoms. The van der Waals surface area contributed by atoms with Gasteiger partial charge in [-0.1, -0.05) is 25.3 Å². The van der Waals surface area contributed by atoms with Gasteiger partial charge >= 0.3 is 0 Å². The topological polar surface area (TPSA) is 50.7 Å². The van der Waals surface area contributed by atoms with Gasteiger partial charge in [-0.05, 0) is 43.5 Å². The molecule has 4 nitrogen and oxygen atoms in total. The Hall–Kier alpha value is -1.26. The number of hydrogen-bond donors (Lipinski definition) is 2. The second-order valence-corrected chi connectivity index (χ2v) is 5.71. The maximum absolute atomic E-state index is 10.1. The molecule has 1 aromatic carbocycles. The van der Waals surface area contributed by atoms with E-state index in [0.717, 1.165) is 43.7 Å². The fourth-order valence-corrected chi connectivity index (χ4v) is 2.96. The van der Waals surface area contributed by atoms with Gasteiger partial charge in [0.1, 0.15) is 0 Å². The van der Waals surface area contributed by atoms with Gasteiger partial charge in [-0.15, -0.1) is 0 Å². The van der Waals surface area contributed by atoms with Gasteiger partial charge in [-0.2, -0.15) is 0 Å². The van der Waals surface area contributed by atoms with E-state index in [9.17, 15) is 5.11 Å². The number of rotatable bonds is 6. The first kappa shape index (κ1) is 16.1. The van der Waals surface area contributed by atoms with Gasteiger partial charge in [-0.25, -0.2) is 0 Å². The van der Waals surface area contributed by atoms with Crippen molar-refractivity contribution in [1.82, 2.24) is 5.32 Å². The summed E-state index contributed by atoms with van der Waals surface area (Å²) in [5, 5.41) is 13.6. The summed E-state index contributed by atoms with van der Waals surface area (Å²) in [5.74, 6) is 1.53. The molecule has 2 unspecified atom stereocenters. The van der Waals surface area contributed by atoms with Gasteiger partial charge in [0.2, 0.25) is 0 Å². The summed E-state index contributed by atoms with van der Waals surface area (Å²) in [7, 11) is 3.30. The van der Waals surface area contributed by atoms with E-state index in [0.29, 0.717) is 0 Å². The highest BCUT2D eigenvalue weighted by Crippen LogP contribution is 2.27. The van der Waals surface area contributed by atoms with E-state index in [1.807, 2.05) is 12.1 Å². The van der Waals surface area contributed by atoms with Crippen molar-refractivity contribution in [3.8, 4) is 11.5 Å². The molecule has 0 heterocycles. The van der Waals surface area contributed by atoms with E-state index in [1.54, 1.807) is 14.2 Å². The van der Waals surface area contributed by atoms with Crippen molar-refractivity contribution < 1.29 is 14.6 Å². The third-order valence-electron chi connectivity index (χ3n) is 4.25. The molecule has 1 saturated carbocycles. The standard InChI is InChI=1S/C17H27NO3/c1-20-16-9-8-13(12-17(16)21-2)10-11-18-14-6-4-3-5-7-15(14)19/h8-9,12,14-15,18-19H,3-7,10-11H2,1-2H3. The minimum Gasteiger partial charge on any atom is -0.493 e. The van der Waals surface area contributed by atoms with Crippen molar-refractivity contribution in [2.24, 2.45) is 0 Å². The summed E-state index contributed by atoms with van der Waals surface area (Å²) < 4.78 is 10.6. The molecule has 1 aliphatic rings. The Bertz CT molecular complexity index is 436. The average Bonchev–Trinajstić information content (AvgIpc) is 2.72. The molecule has 1 aromatic rings. The fraction of sp³-hybridized carbons (Fsp3) is 0.647. The molecule has 0 radical (unpaired) electrons. The first-order chi connectivity index (χ1) is 10.2. The number of aliphatic hydroxyl groups is 1. The minimum atomic E-state index is -0.196. The number of ether oxygens (including phenoxy) is 2. The van der Waals surface area contributed by atoms with Crippen molar-refractivity contribution >= 4 is 0 Å². The molecule has 0 spiro atoms. The van der Waals surface area contributed by atoms with Crippen LogP contribution in [0.5, 0.6) is 11.5 Å². The van der Waals surface area contributed by atoms with Crippen LogP contribution in [0.4, 0.5) is 0 Å². The summed E-state index contributed by atoms with van der Waals surface area (Å²) in [6.07, 6.45) is 6.33. The molecule has 2 N–H and O–H groups in total. The van der Waals surface area contributed by atoms with Crippen molar-refractivity contribution in [2.45, 2.75) is 50.7 Å². The Morgan fingerprint density at radius 3 is 2.62 bits per heavy atom. The van der Waals surface area contributed by atoms with Crippen LogP contribution < -0.4 is 14.8 Å². The van der Waals surface area contributed by atoms with Gasteiger partial charge in [0.05, 0.1) is 20.3 Å². The molecule has 21 heavy (non-hydrogen) atoms. The summed E-state index contributed by atoms with van der Waals surface area (Å²) in [6, 6.07) is 6.26. The second-order valence-electron chi connectivity index (χ2n) is 5.71. The predicted molar refractivity (Wildman–Crippen MR) is 84.1 cm³/mol. The molecular formula is C17H27NO3. The molecule has 118 valence electrons. The van der Waals surface area contributed by atoms with Crippen LogP contribution in [0.2, 0.25) is 0 Å². The van der Waals surface area contributed by atoms with Gasteiger partial charge in [0, 0.05) is 6.04 Å². The predicted octanol–water partition coefficient (Wildman–Crippen LogP) is 2.53. The molecule has 1 fully saturated rings. The Morgan fingerprint density at radius 2 is 1.86 bits per heavy atom. The Kier molecular flexibility index (Phi) is 6.33. The van der Waals surface area contributed by atoms with E-state index in [4.69, 9.17) is 9.47 Å². The Morgan fingerprint density at radius 1 is 1.10 bits per heavy atom. The zero-order chi connectivity index (χ0) is 15.1. The zero-order valence-corrected chi connectivity index (χ0v) is 13.1. The van der Waals surface area contributed by atoms with E-state index in [-0.39, 0.29) is 12.1 Å². The number of hydrogen-bond acceptors (Lipinski definition) is 4. The SMILES string of the molecule is COc1ccc(CCNC2CCCCCC2O)cc1OC. The monoisotopic (exact) mass is 293 g/mol. The summed E-state index contributed by atoms with van der Waals surface area (Å²) in [4.78, 5) is 0. The van der Waals surface area contributed by atoms with E-state index in [1.165, 1.54) is 18.4 Å². The van der Waals surface area contributed by atoms with Gasteiger partial charge in [0.25, 0.3) is 0 Å². The quantitative estimate of drug-likeness (QED) is 0.791. The lowest BCUT2D eigenvalue weighted by Gasteiger charge is -2.21. The lowest BCUT2D eigenvalue weighted by atomic mass is 10.1. The fourth-order valence-electron chi connectivity index (χ4n) is 2.96. The first-order valence-corrected chi connectivity index (χ1v) is 7.87. The molecule has 1 aliphatic carbocycles. The molecule has 0 saturated heterocycles. The normalized spacial score (nSPS) is 22.6. The second kappa shape index (κ2) is 8.25. The largest absolute Gasteiger partial charge is 0.493 e. The Labute approximate surface area is 127 Å². The van der Waals surface area contributed by atoms with Crippen LogP contribution in [-0.2, 0) is 6.42 Å². The van der Waals surface area contributed by atoms with Crippen molar-refractivity contribution in [2.75, 3.05) is 20.8 Å².